The van der Waals surface area contributed by atoms with Gasteiger partial charge in [-0.15, -0.1) is 0 Å². The number of halogens is 1. The van der Waals surface area contributed by atoms with Crippen LogP contribution < -0.4 is 14.2 Å². The lowest BCUT2D eigenvalue weighted by Gasteiger charge is -2.25. The van der Waals surface area contributed by atoms with Crippen LogP contribution in [-0.2, 0) is 6.61 Å². The van der Waals surface area contributed by atoms with Crippen LogP contribution in [0.25, 0.3) is 11.1 Å². The van der Waals surface area contributed by atoms with Gasteiger partial charge in [-0.3, -0.25) is 0 Å². The number of benzene rings is 3. The zero-order chi connectivity index (χ0) is 23.3. The average Bonchev–Trinajstić information content (AvgIpc) is 2.77. The average molecular weight is 439 g/mol. The van der Waals surface area contributed by atoms with Crippen LogP contribution >= 0.6 is 0 Å². The first-order valence-electron chi connectivity index (χ1n) is 10.6. The summed E-state index contributed by atoms with van der Waals surface area (Å²) < 4.78 is 31.2. The van der Waals surface area contributed by atoms with Crippen molar-refractivity contribution < 1.29 is 23.7 Å². The second kappa shape index (κ2) is 10.0. The highest BCUT2D eigenvalue weighted by molar-refractivity contribution is 5.71. The topological polar surface area (TPSA) is 47.9 Å². The van der Waals surface area contributed by atoms with E-state index in [9.17, 15) is 9.50 Å². The molecule has 0 aliphatic heterocycles. The number of hydrogen-bond acceptors (Lipinski definition) is 4. The summed E-state index contributed by atoms with van der Waals surface area (Å²) in [6.45, 7) is 6.55. The summed E-state index contributed by atoms with van der Waals surface area (Å²) in [4.78, 5) is 0. The number of aliphatic hydroxyl groups is 1. The van der Waals surface area contributed by atoms with E-state index in [4.69, 9.17) is 14.2 Å². The highest BCUT2D eigenvalue weighted by atomic mass is 19.1. The van der Waals surface area contributed by atoms with Crippen LogP contribution in [0.4, 0.5) is 4.39 Å². The summed E-state index contributed by atoms with van der Waals surface area (Å²) in [5, 5.41) is 11.1. The van der Waals surface area contributed by atoms with E-state index < -0.39 is 6.10 Å². The zero-order valence-corrected chi connectivity index (χ0v) is 19.3. The van der Waals surface area contributed by atoms with Crippen molar-refractivity contribution in [3.05, 3.63) is 77.6 Å². The normalized spacial score (nSPS) is 12.3. The molecule has 0 aliphatic carbocycles. The molecule has 1 N–H and O–H groups in total. The van der Waals surface area contributed by atoms with Gasteiger partial charge in [-0.25, -0.2) is 4.39 Å². The largest absolute Gasteiger partial charge is 0.497 e. The molecule has 0 amide bonds. The summed E-state index contributed by atoms with van der Waals surface area (Å²) in [6, 6.07) is 17.6. The maximum atomic E-state index is 14.7. The predicted octanol–water partition coefficient (Wildman–Crippen LogP) is 6.56. The van der Waals surface area contributed by atoms with Crippen LogP contribution in [0.1, 0.15) is 44.4 Å². The van der Waals surface area contributed by atoms with Gasteiger partial charge in [0, 0.05) is 5.56 Å². The van der Waals surface area contributed by atoms with Gasteiger partial charge in [0.25, 0.3) is 0 Å². The van der Waals surface area contributed by atoms with Crippen molar-refractivity contribution in [2.45, 2.75) is 39.9 Å². The van der Waals surface area contributed by atoms with Gasteiger partial charge in [-0.2, -0.15) is 0 Å². The lowest BCUT2D eigenvalue weighted by atomic mass is 9.84. The minimum absolute atomic E-state index is 0.108. The molecule has 0 bridgehead atoms. The van der Waals surface area contributed by atoms with Crippen molar-refractivity contribution in [1.82, 2.24) is 0 Å². The smallest absolute Gasteiger partial charge is 0.131 e. The van der Waals surface area contributed by atoms with E-state index in [1.165, 1.54) is 6.07 Å². The molecule has 1 unspecified atom stereocenters. The monoisotopic (exact) mass is 438 g/mol. The van der Waals surface area contributed by atoms with E-state index in [1.807, 2.05) is 24.3 Å². The minimum Gasteiger partial charge on any atom is -0.497 e. The first kappa shape index (κ1) is 23.6. The molecule has 3 aromatic carbocycles. The van der Waals surface area contributed by atoms with Crippen LogP contribution in [0.3, 0.4) is 0 Å². The third-order valence-electron chi connectivity index (χ3n) is 5.22. The van der Waals surface area contributed by atoms with E-state index in [0.717, 1.165) is 11.3 Å². The van der Waals surface area contributed by atoms with Crippen LogP contribution in [0, 0.1) is 11.2 Å². The third-order valence-corrected chi connectivity index (χ3v) is 5.22. The minimum atomic E-state index is -0.778. The molecule has 0 radical (unpaired) electrons. The van der Waals surface area contributed by atoms with Gasteiger partial charge >= 0.3 is 0 Å². The molecular formula is C27H31FO4. The molecule has 0 saturated heterocycles. The van der Waals surface area contributed by atoms with E-state index in [1.54, 1.807) is 44.6 Å². The molecule has 32 heavy (non-hydrogen) atoms. The fourth-order valence-electron chi connectivity index (χ4n) is 3.57. The molecule has 3 rings (SSSR count). The summed E-state index contributed by atoms with van der Waals surface area (Å²) in [5.41, 5.74) is 2.51. The van der Waals surface area contributed by atoms with E-state index in [0.29, 0.717) is 41.2 Å². The lowest BCUT2D eigenvalue weighted by molar-refractivity contribution is 0.122. The summed E-state index contributed by atoms with van der Waals surface area (Å²) in [6.07, 6.45) is -0.256. The Morgan fingerprint density at radius 3 is 2.06 bits per heavy atom. The Balaban J connectivity index is 1.94. The molecule has 0 saturated carbocycles. The van der Waals surface area contributed by atoms with Crippen molar-refractivity contribution in [3.63, 3.8) is 0 Å². The van der Waals surface area contributed by atoms with Gasteiger partial charge in [-0.05, 0) is 71.0 Å². The molecule has 5 heteroatoms. The standard InChI is InChI=1S/C27H31FO4/c1-27(2,3)16-26(29)24-15-21(32-17-18-6-8-19(30-4)9-7-18)10-12-22(24)23-14-20(31-5)11-13-25(23)28/h6-15,26,29H,16-17H2,1-5H3. The Kier molecular flexibility index (Phi) is 7.41. The number of hydrogen-bond donors (Lipinski definition) is 1. The van der Waals surface area contributed by atoms with Crippen molar-refractivity contribution in [1.29, 1.82) is 0 Å². The van der Waals surface area contributed by atoms with Crippen molar-refractivity contribution in [2.24, 2.45) is 5.41 Å². The van der Waals surface area contributed by atoms with Gasteiger partial charge < -0.3 is 19.3 Å². The van der Waals surface area contributed by atoms with Gasteiger partial charge in [0.1, 0.15) is 29.7 Å². The van der Waals surface area contributed by atoms with E-state index >= 15 is 0 Å². The number of ether oxygens (including phenoxy) is 3. The molecule has 0 aliphatic rings. The summed E-state index contributed by atoms with van der Waals surface area (Å²) >= 11 is 0. The van der Waals surface area contributed by atoms with E-state index in [2.05, 4.69) is 20.8 Å². The molecule has 4 nitrogen and oxygen atoms in total. The van der Waals surface area contributed by atoms with E-state index in [-0.39, 0.29) is 11.2 Å². The fourth-order valence-corrected chi connectivity index (χ4v) is 3.57. The highest BCUT2D eigenvalue weighted by Gasteiger charge is 2.23. The van der Waals surface area contributed by atoms with Crippen LogP contribution in [0.5, 0.6) is 17.2 Å². The second-order valence-electron chi connectivity index (χ2n) is 9.01. The maximum absolute atomic E-state index is 14.7. The number of rotatable bonds is 8. The molecule has 1 atom stereocenters. The second-order valence-corrected chi connectivity index (χ2v) is 9.01. The number of methoxy groups -OCH3 is 2. The fraction of sp³-hybridized carbons (Fsp3) is 0.333. The van der Waals surface area contributed by atoms with Gasteiger partial charge in [0.05, 0.1) is 20.3 Å². The Hall–Kier alpha value is -3.05. The molecule has 0 spiro atoms. The van der Waals surface area contributed by atoms with Gasteiger partial charge in [0.2, 0.25) is 0 Å². The Morgan fingerprint density at radius 1 is 0.812 bits per heavy atom. The van der Waals surface area contributed by atoms with Crippen LogP contribution in [-0.4, -0.2) is 19.3 Å². The first-order chi connectivity index (χ1) is 15.2. The Morgan fingerprint density at radius 2 is 1.44 bits per heavy atom. The SMILES string of the molecule is COc1ccc(COc2ccc(-c3cc(OC)ccc3F)c(C(O)CC(C)(C)C)c2)cc1. The molecule has 0 heterocycles. The third kappa shape index (κ3) is 6.01. The molecular weight excluding hydrogens is 407 g/mol. The Labute approximate surface area is 189 Å². The highest BCUT2D eigenvalue weighted by Crippen LogP contribution is 2.39. The van der Waals surface area contributed by atoms with Crippen LogP contribution in [0.15, 0.2) is 60.7 Å². The molecule has 0 fully saturated rings. The maximum Gasteiger partial charge on any atom is 0.131 e. The molecule has 3 aromatic rings. The first-order valence-corrected chi connectivity index (χ1v) is 10.6. The molecule has 170 valence electrons. The van der Waals surface area contributed by atoms with Crippen molar-refractivity contribution >= 4 is 0 Å². The quantitative estimate of drug-likeness (QED) is 0.433. The van der Waals surface area contributed by atoms with Gasteiger partial charge in [0.15, 0.2) is 0 Å². The Bertz CT molecular complexity index is 1040. The van der Waals surface area contributed by atoms with Gasteiger partial charge in [-0.1, -0.05) is 39.0 Å². The summed E-state index contributed by atoms with van der Waals surface area (Å²) in [5.74, 6) is 1.57. The summed E-state index contributed by atoms with van der Waals surface area (Å²) in [7, 11) is 3.17. The predicted molar refractivity (Wildman–Crippen MR) is 125 cm³/mol. The molecule has 0 aromatic heterocycles. The van der Waals surface area contributed by atoms with Crippen molar-refractivity contribution in [3.8, 4) is 28.4 Å². The zero-order valence-electron chi connectivity index (χ0n) is 19.3. The van der Waals surface area contributed by atoms with Crippen LogP contribution in [0.2, 0.25) is 0 Å². The lowest BCUT2D eigenvalue weighted by Crippen LogP contribution is -2.13. The van der Waals surface area contributed by atoms with Crippen molar-refractivity contribution in [2.75, 3.05) is 14.2 Å². The number of aliphatic hydroxyl groups excluding tert-OH is 1.